The van der Waals surface area contributed by atoms with Gasteiger partial charge in [0.1, 0.15) is 12.2 Å². The first-order valence-electron chi connectivity index (χ1n) is 9.68. The van der Waals surface area contributed by atoms with Crippen LogP contribution in [0, 0.1) is 0 Å². The van der Waals surface area contributed by atoms with E-state index in [0.717, 1.165) is 0 Å². The number of carbonyl (C=O) groups excluding carboxylic acids is 3. The lowest BCUT2D eigenvalue weighted by Gasteiger charge is -2.33. The number of rotatable bonds is 8. The molecule has 0 spiro atoms. The molecule has 32 heavy (non-hydrogen) atoms. The van der Waals surface area contributed by atoms with Gasteiger partial charge in [0.05, 0.1) is 16.7 Å². The van der Waals surface area contributed by atoms with E-state index in [-0.39, 0.29) is 23.3 Å². The quantitative estimate of drug-likeness (QED) is 0.389. The van der Waals surface area contributed by atoms with Crippen molar-refractivity contribution in [1.29, 1.82) is 0 Å². The fourth-order valence-electron chi connectivity index (χ4n) is 2.62. The molecule has 0 aromatic carbocycles. The molecule has 0 aliphatic heterocycles. The van der Waals surface area contributed by atoms with Crippen molar-refractivity contribution in [2.45, 2.75) is 25.6 Å². The van der Waals surface area contributed by atoms with Gasteiger partial charge in [0.25, 0.3) is 0 Å². The summed E-state index contributed by atoms with van der Waals surface area (Å²) in [6.45, 7) is 2.76. The van der Waals surface area contributed by atoms with Crippen LogP contribution in [0.2, 0.25) is 0 Å². The van der Waals surface area contributed by atoms with Gasteiger partial charge in [0.15, 0.2) is 6.10 Å². The van der Waals surface area contributed by atoms with E-state index in [9.17, 15) is 14.4 Å². The second-order valence-electron chi connectivity index (χ2n) is 7.21. The van der Waals surface area contributed by atoms with Crippen LogP contribution in [0.15, 0.2) is 73.6 Å². The summed E-state index contributed by atoms with van der Waals surface area (Å²) < 4.78 is 16.5. The first-order chi connectivity index (χ1) is 15.4. The molecule has 164 valence electrons. The molecule has 0 saturated heterocycles. The predicted molar refractivity (Wildman–Crippen MR) is 112 cm³/mol. The molecule has 0 aliphatic carbocycles. The van der Waals surface area contributed by atoms with Crippen LogP contribution in [-0.2, 0) is 14.2 Å². The van der Waals surface area contributed by atoms with Gasteiger partial charge in [-0.05, 0) is 50.2 Å². The third-order valence-electron chi connectivity index (χ3n) is 4.44. The number of pyridine rings is 3. The van der Waals surface area contributed by atoms with Gasteiger partial charge in [0.2, 0.25) is 0 Å². The number of hydrogen-bond acceptors (Lipinski definition) is 9. The summed E-state index contributed by atoms with van der Waals surface area (Å²) in [6, 6.07) is 9.39. The standard InChI is InChI=1S/C23H21N3O6/c1-23(2,32-22(29)18-8-5-11-26-14-18)19(31-21(28)17-7-4-10-25-13-17)15-30-20(27)16-6-3-9-24-12-16/h3-14,19H,15H2,1-2H3. The van der Waals surface area contributed by atoms with Crippen molar-refractivity contribution in [3.05, 3.63) is 90.3 Å². The normalized spacial score (nSPS) is 11.8. The van der Waals surface area contributed by atoms with Crippen molar-refractivity contribution < 1.29 is 28.6 Å². The lowest BCUT2D eigenvalue weighted by atomic mass is 10.0. The van der Waals surface area contributed by atoms with Crippen LogP contribution in [0.4, 0.5) is 0 Å². The third kappa shape index (κ3) is 5.94. The molecule has 3 rings (SSSR count). The van der Waals surface area contributed by atoms with Crippen LogP contribution >= 0.6 is 0 Å². The van der Waals surface area contributed by atoms with Crippen LogP contribution in [-0.4, -0.2) is 51.2 Å². The van der Waals surface area contributed by atoms with E-state index >= 15 is 0 Å². The summed E-state index contributed by atoms with van der Waals surface area (Å²) in [5, 5.41) is 0. The van der Waals surface area contributed by atoms with Crippen molar-refractivity contribution in [3.63, 3.8) is 0 Å². The van der Waals surface area contributed by atoms with Crippen molar-refractivity contribution in [2.75, 3.05) is 6.61 Å². The number of esters is 3. The van der Waals surface area contributed by atoms with Crippen LogP contribution in [0.5, 0.6) is 0 Å². The summed E-state index contributed by atoms with van der Waals surface area (Å²) in [5.41, 5.74) is -0.689. The Bertz CT molecular complexity index is 1060. The second kappa shape index (κ2) is 10.3. The molecular formula is C23H21N3O6. The Hall–Kier alpha value is -4.14. The average Bonchev–Trinajstić information content (AvgIpc) is 2.82. The number of hydrogen-bond donors (Lipinski definition) is 0. The molecule has 3 heterocycles. The van der Waals surface area contributed by atoms with Gasteiger partial charge in [-0.15, -0.1) is 0 Å². The Morgan fingerprint density at radius 1 is 0.781 bits per heavy atom. The Kier molecular flexibility index (Phi) is 7.22. The van der Waals surface area contributed by atoms with Gasteiger partial charge >= 0.3 is 17.9 Å². The molecule has 9 heteroatoms. The molecule has 0 amide bonds. The molecule has 0 saturated carbocycles. The molecule has 0 bridgehead atoms. The molecule has 1 unspecified atom stereocenters. The SMILES string of the molecule is CC(C)(OC(=O)c1cccnc1)C(COC(=O)c1cccnc1)OC(=O)c1cccnc1. The number of aromatic nitrogens is 3. The maximum Gasteiger partial charge on any atom is 0.340 e. The minimum atomic E-state index is -1.35. The highest BCUT2D eigenvalue weighted by atomic mass is 16.6. The number of nitrogens with zero attached hydrogens (tertiary/aromatic N) is 3. The molecule has 1 atom stereocenters. The highest BCUT2D eigenvalue weighted by Gasteiger charge is 2.38. The highest BCUT2D eigenvalue weighted by molar-refractivity contribution is 5.90. The van der Waals surface area contributed by atoms with E-state index in [1.165, 1.54) is 43.2 Å². The van der Waals surface area contributed by atoms with E-state index in [1.54, 1.807) is 44.2 Å². The maximum absolute atomic E-state index is 12.6. The largest absolute Gasteiger partial charge is 0.458 e. The fraction of sp³-hybridized carbons (Fsp3) is 0.217. The molecule has 3 aromatic heterocycles. The van der Waals surface area contributed by atoms with Crippen LogP contribution < -0.4 is 0 Å². The summed E-state index contributed by atoms with van der Waals surface area (Å²) >= 11 is 0. The van der Waals surface area contributed by atoms with Gasteiger partial charge in [-0.1, -0.05) is 0 Å². The van der Waals surface area contributed by atoms with Gasteiger partial charge in [0, 0.05) is 37.2 Å². The van der Waals surface area contributed by atoms with E-state index in [2.05, 4.69) is 15.0 Å². The zero-order valence-electron chi connectivity index (χ0n) is 17.5. The zero-order valence-corrected chi connectivity index (χ0v) is 17.5. The van der Waals surface area contributed by atoms with E-state index in [0.29, 0.717) is 0 Å². The Balaban J connectivity index is 1.77. The molecule has 0 aliphatic rings. The van der Waals surface area contributed by atoms with Crippen molar-refractivity contribution >= 4 is 17.9 Å². The first-order valence-corrected chi connectivity index (χ1v) is 9.68. The lowest BCUT2D eigenvalue weighted by molar-refractivity contribution is -0.0965. The molecule has 0 fully saturated rings. The van der Waals surface area contributed by atoms with Crippen LogP contribution in [0.25, 0.3) is 0 Å². The Morgan fingerprint density at radius 2 is 1.25 bits per heavy atom. The molecule has 0 N–H and O–H groups in total. The summed E-state index contributed by atoms with van der Waals surface area (Å²) in [5.74, 6) is -2.02. The number of ether oxygens (including phenoxy) is 3. The van der Waals surface area contributed by atoms with E-state index in [4.69, 9.17) is 14.2 Å². The van der Waals surface area contributed by atoms with Gasteiger partial charge in [-0.2, -0.15) is 0 Å². The highest BCUT2D eigenvalue weighted by Crippen LogP contribution is 2.22. The Morgan fingerprint density at radius 3 is 1.72 bits per heavy atom. The van der Waals surface area contributed by atoms with Gasteiger partial charge in [-0.25, -0.2) is 14.4 Å². The van der Waals surface area contributed by atoms with Crippen LogP contribution in [0.3, 0.4) is 0 Å². The maximum atomic E-state index is 12.6. The van der Waals surface area contributed by atoms with Gasteiger partial charge < -0.3 is 14.2 Å². The second-order valence-corrected chi connectivity index (χ2v) is 7.21. The third-order valence-corrected chi connectivity index (χ3v) is 4.44. The summed E-state index contributed by atoms with van der Waals surface area (Å²) in [6.07, 6.45) is 7.51. The summed E-state index contributed by atoms with van der Waals surface area (Å²) in [4.78, 5) is 49.2. The molecular weight excluding hydrogens is 414 g/mol. The van der Waals surface area contributed by atoms with Crippen LogP contribution in [0.1, 0.15) is 44.9 Å². The molecule has 3 aromatic rings. The number of carbonyl (C=O) groups is 3. The zero-order chi connectivity index (χ0) is 23.0. The van der Waals surface area contributed by atoms with Gasteiger partial charge in [-0.3, -0.25) is 15.0 Å². The lowest BCUT2D eigenvalue weighted by Crippen LogP contribution is -2.47. The minimum Gasteiger partial charge on any atom is -0.458 e. The average molecular weight is 435 g/mol. The fourth-order valence-corrected chi connectivity index (χ4v) is 2.62. The minimum absolute atomic E-state index is 0.200. The first kappa shape index (κ1) is 22.5. The monoisotopic (exact) mass is 435 g/mol. The summed E-state index contributed by atoms with van der Waals surface area (Å²) in [7, 11) is 0. The topological polar surface area (TPSA) is 118 Å². The smallest absolute Gasteiger partial charge is 0.340 e. The Labute approximate surface area is 184 Å². The molecule has 0 radical (unpaired) electrons. The van der Waals surface area contributed by atoms with E-state index < -0.39 is 29.6 Å². The van der Waals surface area contributed by atoms with Crippen molar-refractivity contribution in [3.8, 4) is 0 Å². The molecule has 9 nitrogen and oxygen atoms in total. The van der Waals surface area contributed by atoms with Crippen molar-refractivity contribution in [1.82, 2.24) is 15.0 Å². The van der Waals surface area contributed by atoms with Crippen molar-refractivity contribution in [2.24, 2.45) is 0 Å². The van der Waals surface area contributed by atoms with E-state index in [1.807, 2.05) is 0 Å². The predicted octanol–water partition coefficient (Wildman–Crippen LogP) is 2.89.